The minimum atomic E-state index is -3.86. The van der Waals surface area contributed by atoms with Crippen LogP contribution in [-0.2, 0) is 10.0 Å². The Morgan fingerprint density at radius 3 is 2.58 bits per heavy atom. The van der Waals surface area contributed by atoms with Gasteiger partial charge in [-0.25, -0.2) is 8.42 Å². The van der Waals surface area contributed by atoms with Crippen molar-refractivity contribution in [2.45, 2.75) is 23.8 Å². The van der Waals surface area contributed by atoms with Gasteiger partial charge in [0.05, 0.1) is 4.92 Å². The fraction of sp³-hybridized carbons (Fsp3) is 0.600. The normalized spacial score (nSPS) is 23.9. The van der Waals surface area contributed by atoms with Crippen LogP contribution >= 0.6 is 0 Å². The zero-order valence-electron chi connectivity index (χ0n) is 13.4. The summed E-state index contributed by atoms with van der Waals surface area (Å²) >= 11 is 0. The second-order valence-electron chi connectivity index (χ2n) is 6.17. The zero-order chi connectivity index (χ0) is 17.2. The molecule has 1 atom stereocenters. The first-order valence-electron chi connectivity index (χ1n) is 8.18. The lowest BCUT2D eigenvalue weighted by Gasteiger charge is -2.40. The van der Waals surface area contributed by atoms with E-state index < -0.39 is 14.9 Å². The average molecular weight is 354 g/mol. The van der Waals surface area contributed by atoms with E-state index in [0.717, 1.165) is 39.0 Å². The van der Waals surface area contributed by atoms with Crippen molar-refractivity contribution in [2.75, 3.05) is 39.3 Å². The highest BCUT2D eigenvalue weighted by atomic mass is 32.2. The number of piperazine rings is 1. The Balaban J connectivity index is 1.83. The molecule has 0 spiro atoms. The molecular weight excluding hydrogens is 332 g/mol. The fourth-order valence-electron chi connectivity index (χ4n) is 3.45. The summed E-state index contributed by atoms with van der Waals surface area (Å²) in [5.41, 5.74) is -0.359. The highest BCUT2D eigenvalue weighted by Gasteiger charge is 2.36. The molecule has 1 unspecified atom stereocenters. The minimum Gasteiger partial charge on any atom is -0.314 e. The summed E-state index contributed by atoms with van der Waals surface area (Å²) in [5.74, 6) is 0. The largest absolute Gasteiger partial charge is 0.314 e. The summed E-state index contributed by atoms with van der Waals surface area (Å²) < 4.78 is 27.3. The van der Waals surface area contributed by atoms with Gasteiger partial charge >= 0.3 is 0 Å². The van der Waals surface area contributed by atoms with E-state index in [4.69, 9.17) is 0 Å². The molecular formula is C15H22N4O4S. The molecule has 1 aromatic rings. The van der Waals surface area contributed by atoms with E-state index in [1.807, 2.05) is 0 Å². The molecule has 2 aliphatic heterocycles. The van der Waals surface area contributed by atoms with Crippen LogP contribution in [0.15, 0.2) is 29.2 Å². The molecule has 2 fully saturated rings. The van der Waals surface area contributed by atoms with Crippen molar-refractivity contribution in [1.82, 2.24) is 14.5 Å². The Morgan fingerprint density at radius 2 is 1.88 bits per heavy atom. The molecule has 2 heterocycles. The summed E-state index contributed by atoms with van der Waals surface area (Å²) in [7, 11) is -3.86. The first kappa shape index (κ1) is 17.3. The third-order valence-corrected chi connectivity index (χ3v) is 6.62. The summed E-state index contributed by atoms with van der Waals surface area (Å²) in [6.45, 7) is 4.44. The number of nitro benzene ring substituents is 1. The van der Waals surface area contributed by atoms with E-state index in [1.165, 1.54) is 28.6 Å². The SMILES string of the molecule is O=[N+]([O-])c1ccccc1S(=O)(=O)N1CCCC(N2CCNCC2)C1. The van der Waals surface area contributed by atoms with Gasteiger partial charge in [-0.2, -0.15) is 4.31 Å². The van der Waals surface area contributed by atoms with Gasteiger partial charge in [0.1, 0.15) is 0 Å². The summed E-state index contributed by atoms with van der Waals surface area (Å²) in [6.07, 6.45) is 1.73. The van der Waals surface area contributed by atoms with Gasteiger partial charge in [-0.05, 0) is 18.9 Å². The molecule has 0 bridgehead atoms. The van der Waals surface area contributed by atoms with Crippen molar-refractivity contribution in [3.63, 3.8) is 0 Å². The van der Waals surface area contributed by atoms with Gasteiger partial charge in [-0.3, -0.25) is 15.0 Å². The van der Waals surface area contributed by atoms with E-state index in [-0.39, 0.29) is 16.6 Å². The Morgan fingerprint density at radius 1 is 1.17 bits per heavy atom. The number of nitrogens with one attached hydrogen (secondary N) is 1. The number of benzene rings is 1. The van der Waals surface area contributed by atoms with Gasteiger partial charge in [-0.15, -0.1) is 0 Å². The summed E-state index contributed by atoms with van der Waals surface area (Å²) in [4.78, 5) is 12.6. The Kier molecular flexibility index (Phi) is 5.14. The molecule has 0 radical (unpaired) electrons. The Hall–Kier alpha value is -1.55. The highest BCUT2D eigenvalue weighted by molar-refractivity contribution is 7.89. The first-order chi connectivity index (χ1) is 11.5. The summed E-state index contributed by atoms with van der Waals surface area (Å²) in [5, 5.41) is 14.5. The van der Waals surface area contributed by atoms with Gasteiger partial charge < -0.3 is 5.32 Å². The molecule has 1 N–H and O–H groups in total. The number of rotatable bonds is 4. The predicted octanol–water partition coefficient (Wildman–Crippen LogP) is 0.653. The lowest BCUT2D eigenvalue weighted by molar-refractivity contribution is -0.387. The Bertz CT molecular complexity index is 703. The number of hydrogen-bond donors (Lipinski definition) is 1. The zero-order valence-corrected chi connectivity index (χ0v) is 14.2. The van der Waals surface area contributed by atoms with Crippen LogP contribution in [0.3, 0.4) is 0 Å². The standard InChI is InChI=1S/C15H22N4O4S/c20-19(21)14-5-1-2-6-15(14)24(22,23)18-9-3-4-13(12-18)17-10-7-16-8-11-17/h1-2,5-6,13,16H,3-4,7-12H2. The number of hydrogen-bond acceptors (Lipinski definition) is 6. The van der Waals surface area contributed by atoms with E-state index >= 15 is 0 Å². The molecule has 0 amide bonds. The van der Waals surface area contributed by atoms with Crippen molar-refractivity contribution < 1.29 is 13.3 Å². The van der Waals surface area contributed by atoms with Crippen molar-refractivity contribution in [1.29, 1.82) is 0 Å². The third kappa shape index (κ3) is 3.44. The van der Waals surface area contributed by atoms with Crippen LogP contribution in [0.25, 0.3) is 0 Å². The molecule has 3 rings (SSSR count). The van der Waals surface area contributed by atoms with Crippen LogP contribution in [0.1, 0.15) is 12.8 Å². The molecule has 2 saturated heterocycles. The number of para-hydroxylation sites is 1. The Labute approximate surface area is 141 Å². The van der Waals surface area contributed by atoms with Crippen LogP contribution in [0.2, 0.25) is 0 Å². The smallest absolute Gasteiger partial charge is 0.289 e. The monoisotopic (exact) mass is 354 g/mol. The predicted molar refractivity (Wildman–Crippen MR) is 89.3 cm³/mol. The van der Waals surface area contributed by atoms with Crippen LogP contribution in [-0.4, -0.2) is 67.9 Å². The maximum absolute atomic E-state index is 12.9. The molecule has 0 aliphatic carbocycles. The molecule has 24 heavy (non-hydrogen) atoms. The first-order valence-corrected chi connectivity index (χ1v) is 9.62. The third-order valence-electron chi connectivity index (χ3n) is 4.71. The number of sulfonamides is 1. The van der Waals surface area contributed by atoms with Crippen LogP contribution in [0.5, 0.6) is 0 Å². The van der Waals surface area contributed by atoms with Crippen molar-refractivity contribution in [2.24, 2.45) is 0 Å². The molecule has 8 nitrogen and oxygen atoms in total. The highest BCUT2D eigenvalue weighted by Crippen LogP contribution is 2.29. The van der Waals surface area contributed by atoms with E-state index in [2.05, 4.69) is 10.2 Å². The van der Waals surface area contributed by atoms with Crippen molar-refractivity contribution in [3.8, 4) is 0 Å². The molecule has 1 aromatic carbocycles. The maximum Gasteiger partial charge on any atom is 0.289 e. The van der Waals surface area contributed by atoms with Crippen LogP contribution in [0.4, 0.5) is 5.69 Å². The van der Waals surface area contributed by atoms with E-state index in [9.17, 15) is 18.5 Å². The van der Waals surface area contributed by atoms with Gasteiger partial charge in [0, 0.05) is 51.4 Å². The number of piperidine rings is 1. The average Bonchev–Trinajstić information content (AvgIpc) is 2.62. The van der Waals surface area contributed by atoms with Crippen molar-refractivity contribution in [3.05, 3.63) is 34.4 Å². The molecule has 9 heteroatoms. The number of nitro groups is 1. The second kappa shape index (κ2) is 7.14. The summed E-state index contributed by atoms with van der Waals surface area (Å²) in [6, 6.07) is 5.75. The van der Waals surface area contributed by atoms with Gasteiger partial charge in [-0.1, -0.05) is 12.1 Å². The molecule has 2 aliphatic rings. The molecule has 0 aromatic heterocycles. The lowest BCUT2D eigenvalue weighted by Crippen LogP contribution is -2.54. The lowest BCUT2D eigenvalue weighted by atomic mass is 10.1. The van der Waals surface area contributed by atoms with Gasteiger partial charge in [0.25, 0.3) is 5.69 Å². The second-order valence-corrected chi connectivity index (χ2v) is 8.08. The maximum atomic E-state index is 12.9. The molecule has 132 valence electrons. The van der Waals surface area contributed by atoms with E-state index in [1.54, 1.807) is 0 Å². The number of nitrogens with zero attached hydrogens (tertiary/aromatic N) is 3. The fourth-order valence-corrected chi connectivity index (χ4v) is 5.12. The van der Waals surface area contributed by atoms with Crippen LogP contribution in [0, 0.1) is 10.1 Å². The quantitative estimate of drug-likeness (QED) is 0.630. The molecule has 0 saturated carbocycles. The van der Waals surface area contributed by atoms with E-state index in [0.29, 0.717) is 13.1 Å². The minimum absolute atomic E-state index is 0.179. The van der Waals surface area contributed by atoms with Crippen molar-refractivity contribution >= 4 is 15.7 Å². The van der Waals surface area contributed by atoms with Gasteiger partial charge in [0.15, 0.2) is 4.90 Å². The van der Waals surface area contributed by atoms with Gasteiger partial charge in [0.2, 0.25) is 10.0 Å². The van der Waals surface area contributed by atoms with Crippen LogP contribution < -0.4 is 5.32 Å². The topological polar surface area (TPSA) is 95.8 Å².